The molecule has 0 aliphatic rings. The first-order chi connectivity index (χ1) is 5.65. The quantitative estimate of drug-likeness (QED) is 0.574. The van der Waals surface area contributed by atoms with E-state index < -0.39 is 0 Å². The van der Waals surface area contributed by atoms with E-state index in [0.717, 1.165) is 10.2 Å². The first-order valence-corrected chi connectivity index (χ1v) is 5.79. The number of halogens is 2. The van der Waals surface area contributed by atoms with Crippen molar-refractivity contribution in [1.29, 1.82) is 5.26 Å². The summed E-state index contributed by atoms with van der Waals surface area (Å²) in [7, 11) is 0. The van der Waals surface area contributed by atoms with Crippen LogP contribution in [0, 0.1) is 17.2 Å². The van der Waals surface area contributed by atoms with Crippen LogP contribution in [-0.2, 0) is 0 Å². The predicted octanol–water partition coefficient (Wildman–Crippen LogP) is 1.01. The molecule has 1 aromatic rings. The van der Waals surface area contributed by atoms with Gasteiger partial charge in [0, 0.05) is 0 Å². The normalized spacial score (nSPS) is 9.50. The molecule has 62 valence electrons. The molecule has 1 rings (SSSR count). The molecule has 0 amide bonds. The SMILES string of the molecule is Cc1nc(Cl)nc([Se]C#N)c1Br. The zero-order valence-electron chi connectivity index (χ0n) is 6.01. The summed E-state index contributed by atoms with van der Waals surface area (Å²) in [6, 6.07) is 0. The topological polar surface area (TPSA) is 49.6 Å². The first kappa shape index (κ1) is 9.94. The summed E-state index contributed by atoms with van der Waals surface area (Å²) in [6.45, 7) is 1.81. The van der Waals surface area contributed by atoms with E-state index in [1.807, 2.05) is 6.92 Å². The molecule has 0 bridgehead atoms. The fourth-order valence-electron chi connectivity index (χ4n) is 0.611. The van der Waals surface area contributed by atoms with Crippen LogP contribution in [0.15, 0.2) is 4.47 Å². The number of aromatic nitrogens is 2. The molecule has 0 fully saturated rings. The fourth-order valence-corrected chi connectivity index (χ4v) is 2.49. The molecule has 6 heteroatoms. The van der Waals surface area contributed by atoms with Gasteiger partial charge >= 0.3 is 89.7 Å². The van der Waals surface area contributed by atoms with Crippen LogP contribution in [0.4, 0.5) is 0 Å². The van der Waals surface area contributed by atoms with Gasteiger partial charge in [-0.25, -0.2) is 0 Å². The van der Waals surface area contributed by atoms with Gasteiger partial charge in [-0.1, -0.05) is 0 Å². The molecule has 0 spiro atoms. The number of aryl methyl sites for hydroxylation is 1. The van der Waals surface area contributed by atoms with Gasteiger partial charge in [0.2, 0.25) is 0 Å². The Labute approximate surface area is 89.4 Å². The van der Waals surface area contributed by atoms with E-state index in [0.29, 0.717) is 4.59 Å². The Balaban J connectivity index is 3.20. The number of hydrogen-bond donors (Lipinski definition) is 0. The van der Waals surface area contributed by atoms with E-state index in [9.17, 15) is 0 Å². The van der Waals surface area contributed by atoms with E-state index in [-0.39, 0.29) is 20.2 Å². The third-order valence-corrected chi connectivity index (χ3v) is 4.03. The van der Waals surface area contributed by atoms with Crippen LogP contribution in [0.5, 0.6) is 0 Å². The fraction of sp³-hybridized carbons (Fsp3) is 0.167. The molecule has 0 aromatic carbocycles. The van der Waals surface area contributed by atoms with Crippen LogP contribution >= 0.6 is 27.5 Å². The van der Waals surface area contributed by atoms with Crippen molar-refractivity contribution >= 4 is 47.1 Å². The van der Waals surface area contributed by atoms with Crippen molar-refractivity contribution in [3.8, 4) is 4.97 Å². The maximum atomic E-state index is 8.48. The molecule has 0 aliphatic heterocycles. The summed E-state index contributed by atoms with van der Waals surface area (Å²) < 4.78 is 1.48. The molecule has 0 saturated carbocycles. The Morgan fingerprint density at radius 1 is 1.58 bits per heavy atom. The van der Waals surface area contributed by atoms with Crippen LogP contribution in [0.25, 0.3) is 0 Å². The van der Waals surface area contributed by atoms with Gasteiger partial charge in [-0.2, -0.15) is 0 Å². The summed E-state index contributed by atoms with van der Waals surface area (Å²) >= 11 is 8.62. The Morgan fingerprint density at radius 2 is 2.25 bits per heavy atom. The predicted molar refractivity (Wildman–Crippen MR) is 50.5 cm³/mol. The molecule has 12 heavy (non-hydrogen) atoms. The van der Waals surface area contributed by atoms with E-state index in [1.165, 1.54) is 0 Å². The summed E-state index contributed by atoms with van der Waals surface area (Å²) in [5.41, 5.74) is 0.766. The summed E-state index contributed by atoms with van der Waals surface area (Å²) in [6.07, 6.45) is 0. The van der Waals surface area contributed by atoms with E-state index in [2.05, 4.69) is 30.9 Å². The second-order valence-electron chi connectivity index (χ2n) is 1.89. The van der Waals surface area contributed by atoms with Crippen molar-refractivity contribution in [2.75, 3.05) is 0 Å². The Kier molecular flexibility index (Phi) is 3.48. The minimum atomic E-state index is -0.295. The summed E-state index contributed by atoms with van der Waals surface area (Å²) in [5, 5.41) is 8.68. The van der Waals surface area contributed by atoms with Crippen molar-refractivity contribution in [2.24, 2.45) is 0 Å². The standard InChI is InChI=1S/C6H3BrClN3Se/c1-3-4(7)5(12-2-9)11-6(8)10-3/h1H3. The van der Waals surface area contributed by atoms with Gasteiger partial charge in [0.05, 0.1) is 0 Å². The zero-order chi connectivity index (χ0) is 9.14. The van der Waals surface area contributed by atoms with Crippen LogP contribution in [-0.4, -0.2) is 24.9 Å². The summed E-state index contributed by atoms with van der Waals surface area (Å²) in [4.78, 5) is 9.92. The van der Waals surface area contributed by atoms with Crippen LogP contribution < -0.4 is 4.59 Å². The number of nitriles is 1. The van der Waals surface area contributed by atoms with E-state index >= 15 is 0 Å². The molecule has 1 heterocycles. The molecule has 3 nitrogen and oxygen atoms in total. The van der Waals surface area contributed by atoms with E-state index in [1.54, 1.807) is 0 Å². The minimum absolute atomic E-state index is 0.197. The molecular weight excluding hydrogens is 308 g/mol. The van der Waals surface area contributed by atoms with Crippen molar-refractivity contribution in [3.63, 3.8) is 0 Å². The van der Waals surface area contributed by atoms with Gasteiger partial charge in [0.1, 0.15) is 0 Å². The molecule has 0 N–H and O–H groups in total. The van der Waals surface area contributed by atoms with Gasteiger partial charge < -0.3 is 0 Å². The van der Waals surface area contributed by atoms with Crippen molar-refractivity contribution < 1.29 is 0 Å². The van der Waals surface area contributed by atoms with Crippen LogP contribution in [0.3, 0.4) is 0 Å². The number of rotatable bonds is 1. The molecule has 0 unspecified atom stereocenters. The van der Waals surface area contributed by atoms with Crippen molar-refractivity contribution in [2.45, 2.75) is 6.92 Å². The Morgan fingerprint density at radius 3 is 2.83 bits per heavy atom. The average Bonchev–Trinajstić information content (AvgIpc) is 2.00. The molecule has 0 atom stereocenters. The van der Waals surface area contributed by atoms with Gasteiger partial charge in [-0.15, -0.1) is 0 Å². The molecule has 0 radical (unpaired) electrons. The Bertz CT molecular complexity index is 349. The van der Waals surface area contributed by atoms with E-state index in [4.69, 9.17) is 16.9 Å². The molecule has 1 aromatic heterocycles. The third-order valence-electron chi connectivity index (χ3n) is 1.10. The monoisotopic (exact) mass is 311 g/mol. The Hall–Kier alpha value is -0.141. The first-order valence-electron chi connectivity index (χ1n) is 2.90. The average molecular weight is 311 g/mol. The second kappa shape index (κ2) is 4.20. The maximum absolute atomic E-state index is 8.48. The van der Waals surface area contributed by atoms with Crippen molar-refractivity contribution in [1.82, 2.24) is 9.97 Å². The third kappa shape index (κ3) is 2.18. The zero-order valence-corrected chi connectivity index (χ0v) is 10.1. The van der Waals surface area contributed by atoms with Crippen LogP contribution in [0.2, 0.25) is 5.28 Å². The molecular formula is C6H3BrClN3Se. The van der Waals surface area contributed by atoms with Gasteiger partial charge in [0.15, 0.2) is 0 Å². The second-order valence-corrected chi connectivity index (χ2v) is 4.64. The van der Waals surface area contributed by atoms with Crippen molar-refractivity contribution in [3.05, 3.63) is 15.5 Å². The van der Waals surface area contributed by atoms with Crippen LogP contribution in [0.1, 0.15) is 5.69 Å². The molecule has 0 saturated heterocycles. The number of nitrogens with zero attached hydrogens (tertiary/aromatic N) is 3. The van der Waals surface area contributed by atoms with Gasteiger partial charge in [0.25, 0.3) is 0 Å². The molecule has 0 aliphatic carbocycles. The van der Waals surface area contributed by atoms with Gasteiger partial charge in [-0.3, -0.25) is 0 Å². The summed E-state index contributed by atoms with van der Waals surface area (Å²) in [5.74, 6) is 0. The van der Waals surface area contributed by atoms with Gasteiger partial charge in [-0.05, 0) is 0 Å². The number of hydrogen-bond acceptors (Lipinski definition) is 3.